The Hall–Kier alpha value is -1.14. The van der Waals surface area contributed by atoms with Crippen LogP contribution in [0.3, 0.4) is 0 Å². The van der Waals surface area contributed by atoms with E-state index in [1.165, 1.54) is 0 Å². The molecule has 94 valence electrons. The van der Waals surface area contributed by atoms with Crippen molar-refractivity contribution in [2.45, 2.75) is 32.7 Å². The average molecular weight is 231 g/mol. The van der Waals surface area contributed by atoms with Crippen molar-refractivity contribution in [1.82, 2.24) is 10.2 Å². The standard InChI is InChI=1S/C10H21N3O3/c1-3-4-5-13(6-7-14)8(2)9(15)12-10(11)16/h8,14H,3-7H2,1-2H3,(H3,11,12,15,16). The highest BCUT2D eigenvalue weighted by atomic mass is 16.3. The first-order valence-corrected chi connectivity index (χ1v) is 5.48. The first kappa shape index (κ1) is 14.9. The van der Waals surface area contributed by atoms with Gasteiger partial charge in [0.25, 0.3) is 0 Å². The Morgan fingerprint density at radius 1 is 1.44 bits per heavy atom. The van der Waals surface area contributed by atoms with Crippen LogP contribution in [0.1, 0.15) is 26.7 Å². The third-order valence-corrected chi connectivity index (χ3v) is 2.36. The number of nitrogens with zero attached hydrogens (tertiary/aromatic N) is 1. The minimum atomic E-state index is -0.851. The smallest absolute Gasteiger partial charge is 0.318 e. The largest absolute Gasteiger partial charge is 0.395 e. The van der Waals surface area contributed by atoms with Gasteiger partial charge in [-0.25, -0.2) is 4.79 Å². The molecule has 0 heterocycles. The molecule has 0 radical (unpaired) electrons. The van der Waals surface area contributed by atoms with Crippen molar-refractivity contribution < 1.29 is 14.7 Å². The summed E-state index contributed by atoms with van der Waals surface area (Å²) in [5.41, 5.74) is 4.87. The second-order valence-corrected chi connectivity index (χ2v) is 3.64. The van der Waals surface area contributed by atoms with Crippen molar-refractivity contribution in [2.24, 2.45) is 5.73 Å². The average Bonchev–Trinajstić information content (AvgIpc) is 2.22. The number of urea groups is 1. The molecule has 0 fully saturated rings. The number of nitrogens with two attached hydrogens (primary N) is 1. The van der Waals surface area contributed by atoms with Crippen LogP contribution >= 0.6 is 0 Å². The van der Waals surface area contributed by atoms with E-state index in [4.69, 9.17) is 10.8 Å². The van der Waals surface area contributed by atoms with E-state index in [9.17, 15) is 9.59 Å². The highest BCUT2D eigenvalue weighted by molar-refractivity contribution is 5.96. The van der Waals surface area contributed by atoms with Crippen LogP contribution in [0.4, 0.5) is 4.79 Å². The number of hydrogen-bond acceptors (Lipinski definition) is 4. The minimum Gasteiger partial charge on any atom is -0.395 e. The summed E-state index contributed by atoms with van der Waals surface area (Å²) in [6, 6.07) is -1.32. The van der Waals surface area contributed by atoms with Gasteiger partial charge in [0.05, 0.1) is 12.6 Å². The zero-order chi connectivity index (χ0) is 12.6. The Bertz CT molecular complexity index is 233. The van der Waals surface area contributed by atoms with Crippen LogP contribution in [0.2, 0.25) is 0 Å². The van der Waals surface area contributed by atoms with Crippen LogP contribution in [0, 0.1) is 0 Å². The van der Waals surface area contributed by atoms with Crippen molar-refractivity contribution in [3.8, 4) is 0 Å². The van der Waals surface area contributed by atoms with E-state index < -0.39 is 18.0 Å². The summed E-state index contributed by atoms with van der Waals surface area (Å²) < 4.78 is 0. The Kier molecular flexibility index (Phi) is 7.49. The zero-order valence-corrected chi connectivity index (χ0v) is 9.90. The second-order valence-electron chi connectivity index (χ2n) is 3.64. The molecule has 16 heavy (non-hydrogen) atoms. The van der Waals surface area contributed by atoms with E-state index in [0.717, 1.165) is 12.8 Å². The molecular weight excluding hydrogens is 210 g/mol. The topological polar surface area (TPSA) is 95.7 Å². The minimum absolute atomic E-state index is 0.0160. The van der Waals surface area contributed by atoms with Gasteiger partial charge in [-0.05, 0) is 19.9 Å². The summed E-state index contributed by atoms with van der Waals surface area (Å²) in [6.45, 7) is 4.84. The lowest BCUT2D eigenvalue weighted by molar-refractivity contribution is -0.124. The number of unbranched alkanes of at least 4 members (excludes halogenated alkanes) is 1. The first-order valence-electron chi connectivity index (χ1n) is 5.48. The summed E-state index contributed by atoms with van der Waals surface area (Å²) in [5, 5.41) is 10.9. The predicted molar refractivity (Wildman–Crippen MR) is 60.8 cm³/mol. The maximum Gasteiger partial charge on any atom is 0.318 e. The van der Waals surface area contributed by atoms with Gasteiger partial charge in [-0.3, -0.25) is 15.0 Å². The van der Waals surface area contributed by atoms with E-state index in [1.807, 2.05) is 17.1 Å². The van der Waals surface area contributed by atoms with Crippen LogP contribution in [-0.4, -0.2) is 47.7 Å². The number of hydrogen-bond donors (Lipinski definition) is 3. The van der Waals surface area contributed by atoms with Gasteiger partial charge in [0.1, 0.15) is 0 Å². The normalized spacial score (nSPS) is 12.5. The molecule has 6 nitrogen and oxygen atoms in total. The number of carbonyl (C=O) groups excluding carboxylic acids is 2. The Labute approximate surface area is 95.8 Å². The van der Waals surface area contributed by atoms with Crippen LogP contribution in [0.15, 0.2) is 0 Å². The zero-order valence-electron chi connectivity index (χ0n) is 9.90. The summed E-state index contributed by atoms with van der Waals surface area (Å²) in [4.78, 5) is 23.8. The van der Waals surface area contributed by atoms with E-state index in [2.05, 4.69) is 0 Å². The van der Waals surface area contributed by atoms with Crippen molar-refractivity contribution >= 4 is 11.9 Å². The van der Waals surface area contributed by atoms with Gasteiger partial charge in [0.2, 0.25) is 5.91 Å². The third kappa shape index (κ3) is 5.67. The fraction of sp³-hybridized carbons (Fsp3) is 0.800. The van der Waals surface area contributed by atoms with E-state index >= 15 is 0 Å². The van der Waals surface area contributed by atoms with E-state index in [0.29, 0.717) is 13.1 Å². The third-order valence-electron chi connectivity index (χ3n) is 2.36. The Morgan fingerprint density at radius 3 is 2.50 bits per heavy atom. The highest BCUT2D eigenvalue weighted by Gasteiger charge is 2.21. The SMILES string of the molecule is CCCCN(CCO)C(C)C(=O)NC(N)=O. The summed E-state index contributed by atoms with van der Waals surface area (Å²) in [7, 11) is 0. The van der Waals surface area contributed by atoms with Crippen molar-refractivity contribution in [1.29, 1.82) is 0 Å². The molecule has 1 atom stereocenters. The van der Waals surface area contributed by atoms with Crippen LogP contribution < -0.4 is 11.1 Å². The maximum atomic E-state index is 11.5. The van der Waals surface area contributed by atoms with Gasteiger partial charge in [-0.15, -0.1) is 0 Å². The molecule has 0 aromatic carbocycles. The number of rotatable bonds is 7. The van der Waals surface area contributed by atoms with Crippen molar-refractivity contribution in [3.63, 3.8) is 0 Å². The van der Waals surface area contributed by atoms with E-state index in [-0.39, 0.29) is 6.61 Å². The molecule has 1 unspecified atom stereocenters. The Morgan fingerprint density at radius 2 is 2.06 bits per heavy atom. The van der Waals surface area contributed by atoms with E-state index in [1.54, 1.807) is 6.92 Å². The molecule has 0 saturated heterocycles. The number of primary amides is 1. The molecule has 0 aromatic heterocycles. The molecule has 0 saturated carbocycles. The molecule has 0 aliphatic heterocycles. The maximum absolute atomic E-state index is 11.5. The molecule has 6 heteroatoms. The molecule has 0 aliphatic rings. The number of aliphatic hydroxyl groups excluding tert-OH is 1. The fourth-order valence-corrected chi connectivity index (χ4v) is 1.38. The van der Waals surface area contributed by atoms with Crippen LogP contribution in [-0.2, 0) is 4.79 Å². The van der Waals surface area contributed by atoms with Gasteiger partial charge in [0, 0.05) is 6.54 Å². The van der Waals surface area contributed by atoms with Gasteiger partial charge in [-0.2, -0.15) is 0 Å². The molecule has 0 spiro atoms. The fourth-order valence-electron chi connectivity index (χ4n) is 1.38. The predicted octanol–water partition coefficient (Wildman–Crippen LogP) is -0.336. The monoisotopic (exact) mass is 231 g/mol. The lowest BCUT2D eigenvalue weighted by Gasteiger charge is -2.26. The number of aliphatic hydroxyl groups is 1. The molecule has 0 rings (SSSR count). The molecule has 0 aromatic rings. The van der Waals surface area contributed by atoms with Crippen molar-refractivity contribution in [2.75, 3.05) is 19.7 Å². The van der Waals surface area contributed by atoms with Gasteiger partial charge in [0.15, 0.2) is 0 Å². The lowest BCUT2D eigenvalue weighted by Crippen LogP contribution is -2.49. The quantitative estimate of drug-likeness (QED) is 0.558. The second kappa shape index (κ2) is 8.06. The van der Waals surface area contributed by atoms with Crippen LogP contribution in [0.5, 0.6) is 0 Å². The number of imide groups is 1. The molecule has 0 aliphatic carbocycles. The number of carbonyl (C=O) groups is 2. The van der Waals surface area contributed by atoms with Crippen molar-refractivity contribution in [3.05, 3.63) is 0 Å². The van der Waals surface area contributed by atoms with Crippen LogP contribution in [0.25, 0.3) is 0 Å². The van der Waals surface area contributed by atoms with Gasteiger partial charge in [-0.1, -0.05) is 13.3 Å². The highest BCUT2D eigenvalue weighted by Crippen LogP contribution is 2.02. The lowest BCUT2D eigenvalue weighted by atomic mass is 10.2. The molecule has 0 bridgehead atoms. The summed E-state index contributed by atoms with van der Waals surface area (Å²) in [5.74, 6) is -0.433. The summed E-state index contributed by atoms with van der Waals surface area (Å²) in [6.07, 6.45) is 1.94. The molecule has 4 N–H and O–H groups in total. The molecular formula is C10H21N3O3. The molecule has 3 amide bonds. The first-order chi connectivity index (χ1) is 7.52. The Balaban J connectivity index is 4.28. The van der Waals surface area contributed by atoms with Gasteiger partial charge < -0.3 is 10.8 Å². The van der Waals surface area contributed by atoms with Gasteiger partial charge >= 0.3 is 6.03 Å². The number of amides is 3. The summed E-state index contributed by atoms with van der Waals surface area (Å²) >= 11 is 0. The number of nitrogens with one attached hydrogen (secondary N) is 1.